The molecule has 0 saturated carbocycles. The van der Waals surface area contributed by atoms with Crippen molar-refractivity contribution in [3.63, 3.8) is 0 Å². The molecule has 1 aromatic carbocycles. The molecule has 0 aliphatic heterocycles. The monoisotopic (exact) mass is 425 g/mol. The molecule has 154 valence electrons. The highest BCUT2D eigenvalue weighted by Crippen LogP contribution is 2.16. The van der Waals surface area contributed by atoms with E-state index in [0.717, 1.165) is 11.4 Å². The highest BCUT2D eigenvalue weighted by molar-refractivity contribution is 7.89. The molecule has 10 heteroatoms. The van der Waals surface area contributed by atoms with Gasteiger partial charge in [-0.25, -0.2) is 8.42 Å². The molecule has 2 aromatic rings. The fourth-order valence-corrected chi connectivity index (χ4v) is 4.41. The molecular formula is C18H27N5O3S2. The summed E-state index contributed by atoms with van der Waals surface area (Å²) in [5, 5.41) is 9.67. The second kappa shape index (κ2) is 9.94. The van der Waals surface area contributed by atoms with Gasteiger partial charge >= 0.3 is 0 Å². The van der Waals surface area contributed by atoms with Crippen LogP contribution in [0.3, 0.4) is 0 Å². The van der Waals surface area contributed by atoms with E-state index in [-0.39, 0.29) is 10.8 Å². The van der Waals surface area contributed by atoms with Crippen LogP contribution in [0.25, 0.3) is 0 Å². The first-order valence-corrected chi connectivity index (χ1v) is 11.1. The molecule has 1 heterocycles. The van der Waals surface area contributed by atoms with Crippen LogP contribution in [0.2, 0.25) is 0 Å². The molecule has 2 rings (SSSR count). The number of amides is 1. The average molecular weight is 426 g/mol. The second-order valence-electron chi connectivity index (χ2n) is 6.34. The zero-order valence-electron chi connectivity index (χ0n) is 16.4. The van der Waals surface area contributed by atoms with E-state index in [0.29, 0.717) is 43.7 Å². The summed E-state index contributed by atoms with van der Waals surface area (Å²) in [6.07, 6.45) is 1.47. The van der Waals surface area contributed by atoms with Gasteiger partial charge in [-0.3, -0.25) is 9.89 Å². The van der Waals surface area contributed by atoms with E-state index in [4.69, 9.17) is 12.2 Å². The Labute approximate surface area is 171 Å². The molecule has 0 aliphatic rings. The van der Waals surface area contributed by atoms with E-state index in [2.05, 4.69) is 15.5 Å². The van der Waals surface area contributed by atoms with E-state index >= 15 is 0 Å². The molecular weight excluding hydrogens is 398 g/mol. The minimum atomic E-state index is -3.45. The smallest absolute Gasteiger partial charge is 0.243 e. The molecule has 8 nitrogen and oxygen atoms in total. The van der Waals surface area contributed by atoms with E-state index in [9.17, 15) is 13.2 Å². The lowest BCUT2D eigenvalue weighted by Crippen LogP contribution is -2.30. The summed E-state index contributed by atoms with van der Waals surface area (Å²) in [5.74, 6) is 0.729. The first-order valence-electron chi connectivity index (χ1n) is 9.25. The summed E-state index contributed by atoms with van der Waals surface area (Å²) in [6, 6.07) is 6.73. The van der Waals surface area contributed by atoms with Gasteiger partial charge in [-0.1, -0.05) is 26.0 Å². The molecule has 0 saturated heterocycles. The molecule has 0 spiro atoms. The Bertz CT molecular complexity index is 944. The number of aryl methyl sites for hydroxylation is 1. The van der Waals surface area contributed by atoms with Crippen molar-refractivity contribution in [2.45, 2.75) is 38.0 Å². The van der Waals surface area contributed by atoms with Crippen LogP contribution in [0, 0.1) is 4.77 Å². The minimum Gasteiger partial charge on any atom is -0.356 e. The summed E-state index contributed by atoms with van der Waals surface area (Å²) >= 11 is 5.05. The molecule has 2 N–H and O–H groups in total. The quantitative estimate of drug-likeness (QED) is 0.566. The SMILES string of the molecule is CCN(CC)S(=O)(=O)c1ccc(CCC(=O)NCCc2n[nH]c(=S)n2C)cc1. The van der Waals surface area contributed by atoms with Gasteiger partial charge in [-0.05, 0) is 36.3 Å². The van der Waals surface area contributed by atoms with E-state index in [1.165, 1.54) is 4.31 Å². The normalized spacial score (nSPS) is 11.7. The lowest BCUT2D eigenvalue weighted by atomic mass is 10.1. The van der Waals surface area contributed by atoms with Crippen LogP contribution in [0.1, 0.15) is 31.7 Å². The number of nitrogens with one attached hydrogen (secondary N) is 2. The van der Waals surface area contributed by atoms with Gasteiger partial charge in [-0.2, -0.15) is 9.40 Å². The minimum absolute atomic E-state index is 0.0587. The molecule has 0 unspecified atom stereocenters. The summed E-state index contributed by atoms with van der Waals surface area (Å²) in [7, 11) is -1.63. The van der Waals surface area contributed by atoms with Gasteiger partial charge in [0.25, 0.3) is 0 Å². The highest BCUT2D eigenvalue weighted by Gasteiger charge is 2.21. The molecule has 28 heavy (non-hydrogen) atoms. The predicted molar refractivity (Wildman–Crippen MR) is 110 cm³/mol. The number of sulfonamides is 1. The van der Waals surface area contributed by atoms with Gasteiger partial charge in [0.15, 0.2) is 4.77 Å². The highest BCUT2D eigenvalue weighted by atomic mass is 32.2. The summed E-state index contributed by atoms with van der Waals surface area (Å²) in [5.41, 5.74) is 0.920. The maximum atomic E-state index is 12.5. The third-order valence-corrected chi connectivity index (χ3v) is 6.98. The van der Waals surface area contributed by atoms with E-state index in [1.54, 1.807) is 28.8 Å². The van der Waals surface area contributed by atoms with Gasteiger partial charge in [0.05, 0.1) is 4.90 Å². The number of carbonyl (C=O) groups excluding carboxylic acids is 1. The summed E-state index contributed by atoms with van der Waals surface area (Å²) in [6.45, 7) is 4.98. The second-order valence-corrected chi connectivity index (χ2v) is 8.66. The van der Waals surface area contributed by atoms with Crippen LogP contribution in [-0.2, 0) is 34.7 Å². The van der Waals surface area contributed by atoms with Crippen LogP contribution in [0.5, 0.6) is 0 Å². The summed E-state index contributed by atoms with van der Waals surface area (Å²) < 4.78 is 28.7. The van der Waals surface area contributed by atoms with Crippen molar-refractivity contribution in [2.75, 3.05) is 19.6 Å². The Morgan fingerprint density at radius 2 is 1.86 bits per heavy atom. The number of rotatable bonds is 10. The third-order valence-electron chi connectivity index (χ3n) is 4.55. The van der Waals surface area contributed by atoms with Crippen molar-refractivity contribution in [1.82, 2.24) is 24.4 Å². The number of hydrogen-bond donors (Lipinski definition) is 2. The molecule has 0 fully saturated rings. The van der Waals surface area contributed by atoms with Crippen LogP contribution >= 0.6 is 12.2 Å². The Morgan fingerprint density at radius 1 is 1.21 bits per heavy atom. The van der Waals surface area contributed by atoms with Crippen LogP contribution in [-0.4, -0.2) is 53.0 Å². The fraction of sp³-hybridized carbons (Fsp3) is 0.500. The number of benzene rings is 1. The average Bonchev–Trinajstić information content (AvgIpc) is 2.99. The fourth-order valence-electron chi connectivity index (χ4n) is 2.80. The van der Waals surface area contributed by atoms with Gasteiger partial charge in [0, 0.05) is 39.5 Å². The Hall–Kier alpha value is -2.04. The molecule has 0 bridgehead atoms. The maximum Gasteiger partial charge on any atom is 0.243 e. The van der Waals surface area contributed by atoms with Gasteiger partial charge in [-0.15, -0.1) is 0 Å². The standard InChI is InChI=1S/C18H27N5O3S2/c1-4-23(5-2)28(25,26)15-9-6-14(7-10-15)8-11-17(24)19-13-12-16-20-21-18(27)22(16)3/h6-7,9-10H,4-5,8,11-13H2,1-3H3,(H,19,24)(H,21,27). The third kappa shape index (κ3) is 5.49. The first-order chi connectivity index (χ1) is 13.3. The number of carbonyl (C=O) groups is 1. The number of H-pyrrole nitrogens is 1. The number of nitrogens with zero attached hydrogens (tertiary/aromatic N) is 3. The van der Waals surface area contributed by atoms with Crippen molar-refractivity contribution in [3.8, 4) is 0 Å². The lowest BCUT2D eigenvalue weighted by Gasteiger charge is -2.18. The topological polar surface area (TPSA) is 100 Å². The Kier molecular flexibility index (Phi) is 7.90. The molecule has 0 radical (unpaired) electrons. The van der Waals surface area contributed by atoms with Crippen molar-refractivity contribution in [3.05, 3.63) is 40.4 Å². The Balaban J connectivity index is 1.83. The maximum absolute atomic E-state index is 12.5. The van der Waals surface area contributed by atoms with Crippen LogP contribution in [0.15, 0.2) is 29.2 Å². The van der Waals surface area contributed by atoms with Gasteiger partial charge < -0.3 is 9.88 Å². The number of aromatic amines is 1. The van der Waals surface area contributed by atoms with Crippen molar-refractivity contribution in [2.24, 2.45) is 7.05 Å². The van der Waals surface area contributed by atoms with Crippen molar-refractivity contribution >= 4 is 28.1 Å². The first kappa shape index (κ1) is 22.3. The van der Waals surface area contributed by atoms with Gasteiger partial charge in [0.2, 0.25) is 15.9 Å². The van der Waals surface area contributed by atoms with E-state index < -0.39 is 10.0 Å². The number of hydrogen-bond acceptors (Lipinski definition) is 5. The molecule has 1 amide bonds. The van der Waals surface area contributed by atoms with Crippen LogP contribution in [0.4, 0.5) is 0 Å². The summed E-state index contributed by atoms with van der Waals surface area (Å²) in [4.78, 5) is 12.3. The zero-order valence-corrected chi connectivity index (χ0v) is 18.1. The molecule has 0 aliphatic carbocycles. The van der Waals surface area contributed by atoms with Crippen molar-refractivity contribution in [1.29, 1.82) is 0 Å². The lowest BCUT2D eigenvalue weighted by molar-refractivity contribution is -0.121. The largest absolute Gasteiger partial charge is 0.356 e. The van der Waals surface area contributed by atoms with Crippen LogP contribution < -0.4 is 5.32 Å². The predicted octanol–water partition coefficient (Wildman–Crippen LogP) is 1.80. The molecule has 0 atom stereocenters. The molecule has 1 aromatic heterocycles. The Morgan fingerprint density at radius 3 is 2.39 bits per heavy atom. The number of aromatic nitrogens is 3. The van der Waals surface area contributed by atoms with Crippen molar-refractivity contribution < 1.29 is 13.2 Å². The zero-order chi connectivity index (χ0) is 20.7. The van der Waals surface area contributed by atoms with E-state index in [1.807, 2.05) is 20.9 Å². The van der Waals surface area contributed by atoms with Gasteiger partial charge in [0.1, 0.15) is 5.82 Å².